The number of alkyl carbamates (subject to hydrolysis) is 1. The number of ether oxygens (including phenoxy) is 2. The zero-order valence-electron chi connectivity index (χ0n) is 17.8. The van der Waals surface area contributed by atoms with Crippen LogP contribution >= 0.6 is 0 Å². The molecule has 1 amide bonds. The van der Waals surface area contributed by atoms with Crippen LogP contribution in [0.4, 0.5) is 4.79 Å². The van der Waals surface area contributed by atoms with Crippen LogP contribution in [0.5, 0.6) is 5.75 Å². The van der Waals surface area contributed by atoms with E-state index in [1.54, 1.807) is 25.3 Å². The molecule has 0 aromatic heterocycles. The van der Waals surface area contributed by atoms with Crippen LogP contribution in [0.3, 0.4) is 0 Å². The van der Waals surface area contributed by atoms with Crippen LogP contribution in [-0.2, 0) is 4.74 Å². The Balaban J connectivity index is 1.29. The molecule has 5 nitrogen and oxygen atoms in total. The predicted octanol–water partition coefficient (Wildman–Crippen LogP) is 4.79. The van der Waals surface area contributed by atoms with Gasteiger partial charge in [0.15, 0.2) is 6.29 Å². The molecule has 0 saturated heterocycles. The highest BCUT2D eigenvalue weighted by molar-refractivity contribution is 5.80. The maximum Gasteiger partial charge on any atom is 0.407 e. The molecule has 32 heavy (non-hydrogen) atoms. The first kappa shape index (κ1) is 21.2. The number of methoxy groups -OCH3 is 1. The van der Waals surface area contributed by atoms with E-state index in [1.165, 1.54) is 22.3 Å². The standard InChI is InChI=1S/C27H23NO4/c1-31-21-14-13-19(20(16-21)17-29)8-6-7-15-28-27(30)32-18-26-24-11-4-2-9-22(24)23-10-3-5-12-25(23)26/h2-5,9-14,16-17,26H,7,15,18H2,1H3,(H,28,30). The molecule has 0 atom stereocenters. The van der Waals surface area contributed by atoms with Gasteiger partial charge in [0.1, 0.15) is 12.4 Å². The molecule has 4 rings (SSSR count). The minimum absolute atomic E-state index is 0.0322. The first-order chi connectivity index (χ1) is 15.7. The lowest BCUT2D eigenvalue weighted by Crippen LogP contribution is -2.26. The van der Waals surface area contributed by atoms with E-state index in [2.05, 4.69) is 41.4 Å². The van der Waals surface area contributed by atoms with Gasteiger partial charge in [-0.2, -0.15) is 0 Å². The Morgan fingerprint density at radius 1 is 1.03 bits per heavy atom. The second kappa shape index (κ2) is 9.84. The number of aldehydes is 1. The van der Waals surface area contributed by atoms with E-state index in [0.29, 0.717) is 29.8 Å². The van der Waals surface area contributed by atoms with Crippen molar-refractivity contribution in [1.82, 2.24) is 5.32 Å². The van der Waals surface area contributed by atoms with Crippen molar-refractivity contribution in [3.63, 3.8) is 0 Å². The van der Waals surface area contributed by atoms with Gasteiger partial charge in [0.25, 0.3) is 0 Å². The van der Waals surface area contributed by atoms with Crippen LogP contribution in [0, 0.1) is 11.8 Å². The summed E-state index contributed by atoms with van der Waals surface area (Å²) in [6.45, 7) is 0.635. The van der Waals surface area contributed by atoms with Crippen LogP contribution < -0.4 is 10.1 Å². The highest BCUT2D eigenvalue weighted by atomic mass is 16.5. The van der Waals surface area contributed by atoms with Crippen LogP contribution in [-0.4, -0.2) is 32.6 Å². The molecule has 160 valence electrons. The SMILES string of the molecule is COc1ccc(C#CCCNC(=O)OCC2c3ccccc3-c3ccccc32)c(C=O)c1. The van der Waals surface area contributed by atoms with Crippen LogP contribution in [0.25, 0.3) is 11.1 Å². The Morgan fingerprint density at radius 3 is 2.38 bits per heavy atom. The summed E-state index contributed by atoms with van der Waals surface area (Å²) in [5, 5.41) is 2.73. The fourth-order valence-electron chi connectivity index (χ4n) is 3.91. The Hall–Kier alpha value is -4.04. The Labute approximate surface area is 187 Å². The zero-order valence-corrected chi connectivity index (χ0v) is 17.8. The normalized spacial score (nSPS) is 11.5. The summed E-state index contributed by atoms with van der Waals surface area (Å²) in [7, 11) is 1.55. The number of benzene rings is 3. The molecule has 0 heterocycles. The van der Waals surface area contributed by atoms with Crippen molar-refractivity contribution in [2.45, 2.75) is 12.3 Å². The van der Waals surface area contributed by atoms with Crippen LogP contribution in [0.1, 0.15) is 39.4 Å². The summed E-state index contributed by atoms with van der Waals surface area (Å²) in [6.07, 6.45) is 0.724. The van der Waals surface area contributed by atoms with E-state index in [-0.39, 0.29) is 12.5 Å². The molecule has 3 aromatic rings. The third-order valence-electron chi connectivity index (χ3n) is 5.47. The number of nitrogens with one attached hydrogen (secondary N) is 1. The number of amides is 1. The smallest absolute Gasteiger partial charge is 0.407 e. The number of carbonyl (C=O) groups is 2. The number of hydrogen-bond donors (Lipinski definition) is 1. The lowest BCUT2D eigenvalue weighted by Gasteiger charge is -2.14. The summed E-state index contributed by atoms with van der Waals surface area (Å²) >= 11 is 0. The van der Waals surface area contributed by atoms with Crippen molar-refractivity contribution in [1.29, 1.82) is 0 Å². The summed E-state index contributed by atoms with van der Waals surface area (Å²) < 4.78 is 10.6. The van der Waals surface area contributed by atoms with Crippen molar-refractivity contribution in [3.05, 3.63) is 89.0 Å². The number of carbonyl (C=O) groups excluding carboxylic acids is 2. The van der Waals surface area contributed by atoms with E-state index >= 15 is 0 Å². The summed E-state index contributed by atoms with van der Waals surface area (Å²) in [4.78, 5) is 23.4. The van der Waals surface area contributed by atoms with Crippen molar-refractivity contribution < 1.29 is 19.1 Å². The molecule has 0 aliphatic heterocycles. The van der Waals surface area contributed by atoms with Crippen molar-refractivity contribution >= 4 is 12.4 Å². The fourth-order valence-corrected chi connectivity index (χ4v) is 3.91. The Kier molecular flexibility index (Phi) is 6.52. The molecular weight excluding hydrogens is 402 g/mol. The summed E-state index contributed by atoms with van der Waals surface area (Å²) in [5.41, 5.74) is 5.85. The number of hydrogen-bond acceptors (Lipinski definition) is 4. The molecule has 0 bridgehead atoms. The first-order valence-corrected chi connectivity index (χ1v) is 10.4. The molecule has 1 aliphatic rings. The molecule has 0 radical (unpaired) electrons. The van der Waals surface area contributed by atoms with Gasteiger partial charge < -0.3 is 14.8 Å². The van der Waals surface area contributed by atoms with Crippen molar-refractivity contribution in [2.75, 3.05) is 20.3 Å². The van der Waals surface area contributed by atoms with Gasteiger partial charge in [0.05, 0.1) is 7.11 Å². The van der Waals surface area contributed by atoms with Gasteiger partial charge in [-0.1, -0.05) is 60.4 Å². The lowest BCUT2D eigenvalue weighted by molar-refractivity contribution is 0.112. The van der Waals surface area contributed by atoms with E-state index < -0.39 is 6.09 Å². The highest BCUT2D eigenvalue weighted by Gasteiger charge is 2.28. The zero-order chi connectivity index (χ0) is 22.3. The predicted molar refractivity (Wildman–Crippen MR) is 123 cm³/mol. The quantitative estimate of drug-likeness (QED) is 0.350. The highest BCUT2D eigenvalue weighted by Crippen LogP contribution is 2.44. The van der Waals surface area contributed by atoms with Gasteiger partial charge in [-0.15, -0.1) is 0 Å². The van der Waals surface area contributed by atoms with E-state index in [9.17, 15) is 9.59 Å². The summed E-state index contributed by atoms with van der Waals surface area (Å²) in [5.74, 6) is 6.57. The molecule has 0 fully saturated rings. The summed E-state index contributed by atoms with van der Waals surface area (Å²) in [6, 6.07) is 21.6. The molecular formula is C27H23NO4. The van der Waals surface area contributed by atoms with Crippen molar-refractivity contribution in [2.24, 2.45) is 0 Å². The van der Waals surface area contributed by atoms with Crippen molar-refractivity contribution in [3.8, 4) is 28.7 Å². The van der Waals surface area contributed by atoms with Gasteiger partial charge >= 0.3 is 6.09 Å². The molecule has 1 aliphatic carbocycles. The fraction of sp³-hybridized carbons (Fsp3) is 0.185. The van der Waals surface area contributed by atoms with Gasteiger partial charge in [-0.05, 0) is 40.5 Å². The molecule has 0 spiro atoms. The Morgan fingerprint density at radius 2 is 1.72 bits per heavy atom. The van der Waals surface area contributed by atoms with E-state index in [0.717, 1.165) is 6.29 Å². The molecule has 5 heteroatoms. The van der Waals surface area contributed by atoms with E-state index in [4.69, 9.17) is 9.47 Å². The number of fused-ring (bicyclic) bond motifs is 3. The second-order valence-electron chi connectivity index (χ2n) is 7.38. The van der Waals surface area contributed by atoms with E-state index in [1.807, 2.05) is 24.3 Å². The second-order valence-corrected chi connectivity index (χ2v) is 7.38. The molecule has 1 N–H and O–H groups in total. The largest absolute Gasteiger partial charge is 0.497 e. The lowest BCUT2D eigenvalue weighted by atomic mass is 9.98. The molecule has 3 aromatic carbocycles. The number of rotatable bonds is 6. The first-order valence-electron chi connectivity index (χ1n) is 10.4. The third kappa shape index (κ3) is 4.50. The van der Waals surface area contributed by atoms with Gasteiger partial charge in [-0.25, -0.2) is 4.79 Å². The molecule has 0 saturated carbocycles. The molecule has 0 unspecified atom stereocenters. The minimum Gasteiger partial charge on any atom is -0.497 e. The third-order valence-corrected chi connectivity index (χ3v) is 5.47. The van der Waals surface area contributed by atoms with Crippen LogP contribution in [0.15, 0.2) is 66.7 Å². The van der Waals surface area contributed by atoms with Gasteiger partial charge in [0, 0.05) is 30.0 Å². The van der Waals surface area contributed by atoms with Gasteiger partial charge in [0.2, 0.25) is 0 Å². The average molecular weight is 425 g/mol. The van der Waals surface area contributed by atoms with Crippen LogP contribution in [0.2, 0.25) is 0 Å². The topological polar surface area (TPSA) is 64.6 Å². The monoisotopic (exact) mass is 425 g/mol. The Bertz CT molecular complexity index is 1160. The minimum atomic E-state index is -0.466. The average Bonchev–Trinajstić information content (AvgIpc) is 3.16. The maximum atomic E-state index is 12.2. The maximum absolute atomic E-state index is 12.2. The van der Waals surface area contributed by atoms with Gasteiger partial charge in [-0.3, -0.25) is 4.79 Å².